The van der Waals surface area contributed by atoms with Crippen LogP contribution in [0.2, 0.25) is 0 Å². The summed E-state index contributed by atoms with van der Waals surface area (Å²) in [5.41, 5.74) is 1.27. The summed E-state index contributed by atoms with van der Waals surface area (Å²) in [6, 6.07) is 6.20. The number of fused-ring (bicyclic) bond motifs is 1. The first-order valence-electron chi connectivity index (χ1n) is 7.55. The van der Waals surface area contributed by atoms with E-state index in [0.29, 0.717) is 6.79 Å². The van der Waals surface area contributed by atoms with Gasteiger partial charge in [-0.2, -0.15) is 0 Å². The summed E-state index contributed by atoms with van der Waals surface area (Å²) < 4.78 is 10.7. The van der Waals surface area contributed by atoms with Crippen molar-refractivity contribution in [1.29, 1.82) is 0 Å². The summed E-state index contributed by atoms with van der Waals surface area (Å²) in [7, 11) is 2.16. The fourth-order valence-corrected chi connectivity index (χ4v) is 3.00. The lowest BCUT2D eigenvalue weighted by atomic mass is 10.1. The highest BCUT2D eigenvalue weighted by Gasteiger charge is 2.14. The van der Waals surface area contributed by atoms with Gasteiger partial charge in [0.1, 0.15) is 0 Å². The molecule has 0 bridgehead atoms. The number of halogens is 1. The third-order valence-corrected chi connectivity index (χ3v) is 4.11. The number of benzene rings is 1. The van der Waals surface area contributed by atoms with Crippen molar-refractivity contribution >= 4 is 12.4 Å². The number of hydrogen-bond donors (Lipinski definition) is 0. The molecule has 1 saturated carbocycles. The highest BCUT2D eigenvalue weighted by Crippen LogP contribution is 2.32. The Balaban J connectivity index is 0.00000161. The molecule has 0 unspecified atom stereocenters. The second-order valence-electron chi connectivity index (χ2n) is 5.86. The van der Waals surface area contributed by atoms with Crippen LogP contribution in [0.4, 0.5) is 0 Å². The topological polar surface area (TPSA) is 21.7 Å². The van der Waals surface area contributed by atoms with E-state index in [4.69, 9.17) is 9.47 Å². The second-order valence-corrected chi connectivity index (χ2v) is 5.86. The van der Waals surface area contributed by atoms with Crippen molar-refractivity contribution < 1.29 is 9.47 Å². The van der Waals surface area contributed by atoms with Crippen molar-refractivity contribution in [2.45, 2.75) is 32.2 Å². The molecular weight excluding hydrogens is 286 g/mol. The lowest BCUT2D eigenvalue weighted by Gasteiger charge is -2.15. The van der Waals surface area contributed by atoms with E-state index in [1.165, 1.54) is 31.2 Å². The molecule has 2 aliphatic rings. The normalized spacial score (nSPS) is 17.6. The Morgan fingerprint density at radius 1 is 1.19 bits per heavy atom. The van der Waals surface area contributed by atoms with Gasteiger partial charge < -0.3 is 9.47 Å². The molecule has 4 heteroatoms. The maximum absolute atomic E-state index is 5.41. The fraction of sp³-hybridized carbons (Fsp3) is 0.529. The Bertz CT molecular complexity index is 484. The molecular formula is C17H24ClNO2. The van der Waals surface area contributed by atoms with Gasteiger partial charge in [0.05, 0.1) is 0 Å². The Hall–Kier alpha value is -1.19. The second kappa shape index (κ2) is 7.71. The third kappa shape index (κ3) is 4.39. The van der Waals surface area contributed by atoms with E-state index in [2.05, 4.69) is 36.2 Å². The number of allylic oxidation sites excluding steroid dienone is 1. The van der Waals surface area contributed by atoms with Gasteiger partial charge in [0.15, 0.2) is 11.5 Å². The third-order valence-electron chi connectivity index (χ3n) is 4.11. The minimum atomic E-state index is 0. The average molecular weight is 310 g/mol. The van der Waals surface area contributed by atoms with Crippen molar-refractivity contribution in [2.24, 2.45) is 5.92 Å². The zero-order valence-electron chi connectivity index (χ0n) is 12.6. The van der Waals surface area contributed by atoms with Gasteiger partial charge in [0.2, 0.25) is 6.79 Å². The average Bonchev–Trinajstić information content (AvgIpc) is 3.08. The molecule has 1 aromatic carbocycles. The standard InChI is InChI=1S/C17H23NO2.ClH/c1-18(10-4-7-14-5-2-3-6-14)12-15-8-9-16-17(11-15)20-13-19-16;/h4,7-9,11,14H,2-3,5-6,10,12-13H2,1H3;1H/b7-4+;. The van der Waals surface area contributed by atoms with Gasteiger partial charge in [-0.1, -0.05) is 31.1 Å². The van der Waals surface area contributed by atoms with Crippen molar-refractivity contribution in [3.63, 3.8) is 0 Å². The van der Waals surface area contributed by atoms with Gasteiger partial charge in [-0.05, 0) is 43.5 Å². The van der Waals surface area contributed by atoms with Gasteiger partial charge in [-0.15, -0.1) is 12.4 Å². The molecule has 0 saturated heterocycles. The summed E-state index contributed by atoms with van der Waals surface area (Å²) in [6.45, 7) is 2.29. The van der Waals surface area contributed by atoms with Crippen molar-refractivity contribution in [3.8, 4) is 11.5 Å². The van der Waals surface area contributed by atoms with Gasteiger partial charge in [-0.25, -0.2) is 0 Å². The van der Waals surface area contributed by atoms with Crippen LogP contribution in [0.3, 0.4) is 0 Å². The van der Waals surface area contributed by atoms with Crippen LogP contribution in [0.1, 0.15) is 31.2 Å². The summed E-state index contributed by atoms with van der Waals surface area (Å²) in [4.78, 5) is 2.32. The predicted octanol–water partition coefficient (Wildman–Crippen LogP) is 4.02. The summed E-state index contributed by atoms with van der Waals surface area (Å²) in [5, 5.41) is 0. The summed E-state index contributed by atoms with van der Waals surface area (Å²) in [5.74, 6) is 2.56. The first-order chi connectivity index (χ1) is 9.81. The Labute approximate surface area is 133 Å². The van der Waals surface area contributed by atoms with E-state index in [1.807, 2.05) is 6.07 Å². The molecule has 1 fully saturated rings. The first kappa shape index (κ1) is 16.2. The SMILES string of the molecule is CN(C/C=C/C1CCCC1)Cc1ccc2c(c1)OCO2.Cl. The highest BCUT2D eigenvalue weighted by molar-refractivity contribution is 5.85. The zero-order valence-corrected chi connectivity index (χ0v) is 13.4. The van der Waals surface area contributed by atoms with Gasteiger partial charge in [0, 0.05) is 13.1 Å². The predicted molar refractivity (Wildman–Crippen MR) is 87.2 cm³/mol. The Morgan fingerprint density at radius 2 is 1.95 bits per heavy atom. The molecule has 3 rings (SSSR count). The van der Waals surface area contributed by atoms with Crippen LogP contribution in [0.5, 0.6) is 11.5 Å². The van der Waals surface area contributed by atoms with Crippen molar-refractivity contribution in [3.05, 3.63) is 35.9 Å². The molecule has 1 aliphatic heterocycles. The maximum Gasteiger partial charge on any atom is 0.231 e. The number of likely N-dealkylation sites (N-methyl/N-ethyl adjacent to an activating group) is 1. The van der Waals surface area contributed by atoms with Gasteiger partial charge in [-0.3, -0.25) is 4.90 Å². The Kier molecular flexibility index (Phi) is 5.95. The molecule has 0 atom stereocenters. The molecule has 116 valence electrons. The molecule has 0 spiro atoms. The van der Waals surface area contributed by atoms with E-state index < -0.39 is 0 Å². The minimum absolute atomic E-state index is 0. The smallest absolute Gasteiger partial charge is 0.231 e. The molecule has 3 nitrogen and oxygen atoms in total. The van der Waals surface area contributed by atoms with E-state index >= 15 is 0 Å². The number of ether oxygens (including phenoxy) is 2. The van der Waals surface area contributed by atoms with Crippen LogP contribution < -0.4 is 9.47 Å². The first-order valence-corrected chi connectivity index (χ1v) is 7.55. The highest BCUT2D eigenvalue weighted by atomic mass is 35.5. The molecule has 0 aromatic heterocycles. The number of hydrogen-bond acceptors (Lipinski definition) is 3. The van der Waals surface area contributed by atoms with Crippen LogP contribution in [-0.2, 0) is 6.54 Å². The van der Waals surface area contributed by atoms with Crippen LogP contribution in [0, 0.1) is 5.92 Å². The van der Waals surface area contributed by atoms with Crippen LogP contribution in [-0.4, -0.2) is 25.3 Å². The van der Waals surface area contributed by atoms with E-state index in [-0.39, 0.29) is 12.4 Å². The van der Waals surface area contributed by atoms with E-state index in [0.717, 1.165) is 30.5 Å². The molecule has 0 amide bonds. The molecule has 1 aliphatic carbocycles. The lowest BCUT2D eigenvalue weighted by Crippen LogP contribution is -2.17. The molecule has 0 radical (unpaired) electrons. The number of nitrogens with zero attached hydrogens (tertiary/aromatic N) is 1. The summed E-state index contributed by atoms with van der Waals surface area (Å²) in [6.07, 6.45) is 10.3. The molecule has 21 heavy (non-hydrogen) atoms. The van der Waals surface area contributed by atoms with Crippen LogP contribution >= 0.6 is 12.4 Å². The molecule has 1 aromatic rings. The fourth-order valence-electron chi connectivity index (χ4n) is 3.00. The monoisotopic (exact) mass is 309 g/mol. The quantitative estimate of drug-likeness (QED) is 0.767. The largest absolute Gasteiger partial charge is 0.454 e. The summed E-state index contributed by atoms with van der Waals surface area (Å²) >= 11 is 0. The number of rotatable bonds is 5. The maximum atomic E-state index is 5.41. The molecule has 0 N–H and O–H groups in total. The minimum Gasteiger partial charge on any atom is -0.454 e. The Morgan fingerprint density at radius 3 is 2.76 bits per heavy atom. The van der Waals surface area contributed by atoms with E-state index in [9.17, 15) is 0 Å². The van der Waals surface area contributed by atoms with Crippen LogP contribution in [0.15, 0.2) is 30.4 Å². The molecule has 1 heterocycles. The van der Waals surface area contributed by atoms with Gasteiger partial charge in [0.25, 0.3) is 0 Å². The van der Waals surface area contributed by atoms with Crippen molar-refractivity contribution in [2.75, 3.05) is 20.4 Å². The lowest BCUT2D eigenvalue weighted by molar-refractivity contribution is 0.174. The van der Waals surface area contributed by atoms with Crippen molar-refractivity contribution in [1.82, 2.24) is 4.90 Å². The van der Waals surface area contributed by atoms with E-state index in [1.54, 1.807) is 0 Å². The zero-order chi connectivity index (χ0) is 13.8. The van der Waals surface area contributed by atoms with Crippen LogP contribution in [0.25, 0.3) is 0 Å². The van der Waals surface area contributed by atoms with Gasteiger partial charge >= 0.3 is 0 Å².